The number of fused-ring (bicyclic) bond motifs is 1. The van der Waals surface area contributed by atoms with Crippen LogP contribution in [0.4, 0.5) is 10.5 Å². The number of Topliss-reactive ketones (excluding diaryl/α,β-unsaturated/α-hetero) is 1. The third-order valence-corrected chi connectivity index (χ3v) is 4.47. The minimum Gasteiger partial charge on any atom is -0.484 e. The summed E-state index contributed by atoms with van der Waals surface area (Å²) in [5.41, 5.74) is -1.33. The molecule has 0 unspecified atom stereocenters. The van der Waals surface area contributed by atoms with Gasteiger partial charge in [0.05, 0.1) is 23.5 Å². The van der Waals surface area contributed by atoms with E-state index in [9.17, 15) is 19.7 Å². The number of ketones is 1. The number of ether oxygens (including phenoxy) is 2. The van der Waals surface area contributed by atoms with Gasteiger partial charge in [-0.1, -0.05) is 0 Å². The monoisotopic (exact) mass is 362 g/mol. The lowest BCUT2D eigenvalue weighted by Gasteiger charge is -2.44. The van der Waals surface area contributed by atoms with Crippen LogP contribution in [0.2, 0.25) is 0 Å². The fourth-order valence-corrected chi connectivity index (χ4v) is 3.40. The number of rotatable bonds is 1. The number of benzene rings is 1. The molecule has 1 fully saturated rings. The van der Waals surface area contributed by atoms with Crippen LogP contribution >= 0.6 is 0 Å². The molecule has 0 saturated carbocycles. The summed E-state index contributed by atoms with van der Waals surface area (Å²) in [6.45, 7) is 6.20. The van der Waals surface area contributed by atoms with E-state index in [1.807, 2.05) is 0 Å². The maximum atomic E-state index is 12.6. The molecule has 2 aliphatic rings. The predicted molar refractivity (Wildman–Crippen MR) is 92.4 cm³/mol. The Labute approximate surface area is 151 Å². The number of hydrogen-bond donors (Lipinski definition) is 0. The molecule has 1 saturated heterocycles. The van der Waals surface area contributed by atoms with Crippen LogP contribution in [0.25, 0.3) is 0 Å². The Morgan fingerprint density at radius 1 is 1.38 bits per heavy atom. The van der Waals surface area contributed by atoms with Crippen molar-refractivity contribution >= 4 is 17.6 Å². The van der Waals surface area contributed by atoms with Crippen molar-refractivity contribution in [1.29, 1.82) is 0 Å². The second-order valence-electron chi connectivity index (χ2n) is 7.83. The molecule has 140 valence electrons. The maximum absolute atomic E-state index is 12.6. The third-order valence-electron chi connectivity index (χ3n) is 4.47. The van der Waals surface area contributed by atoms with Gasteiger partial charge in [0.1, 0.15) is 17.0 Å². The molecule has 0 N–H and O–H groups in total. The number of nitrogens with zero attached hydrogens (tertiary/aromatic N) is 2. The van der Waals surface area contributed by atoms with Crippen LogP contribution in [0.3, 0.4) is 0 Å². The van der Waals surface area contributed by atoms with E-state index in [4.69, 9.17) is 9.47 Å². The van der Waals surface area contributed by atoms with Gasteiger partial charge in [-0.3, -0.25) is 14.9 Å². The van der Waals surface area contributed by atoms with Crippen molar-refractivity contribution in [2.75, 3.05) is 13.1 Å². The first-order valence-corrected chi connectivity index (χ1v) is 8.57. The van der Waals surface area contributed by atoms with E-state index in [2.05, 4.69) is 0 Å². The van der Waals surface area contributed by atoms with Crippen molar-refractivity contribution in [1.82, 2.24) is 4.90 Å². The molecule has 0 bridgehead atoms. The Morgan fingerprint density at radius 3 is 2.77 bits per heavy atom. The molecule has 0 aromatic heterocycles. The van der Waals surface area contributed by atoms with Crippen molar-refractivity contribution in [3.05, 3.63) is 33.9 Å². The summed E-state index contributed by atoms with van der Waals surface area (Å²) in [4.78, 5) is 36.9. The van der Waals surface area contributed by atoms with Gasteiger partial charge in [-0.2, -0.15) is 0 Å². The predicted octanol–water partition coefficient (Wildman–Crippen LogP) is 3.33. The van der Waals surface area contributed by atoms with E-state index in [1.165, 1.54) is 18.2 Å². The zero-order valence-electron chi connectivity index (χ0n) is 15.1. The minimum absolute atomic E-state index is 0.0838. The first kappa shape index (κ1) is 18.2. The van der Waals surface area contributed by atoms with Crippen molar-refractivity contribution in [3.63, 3.8) is 0 Å². The van der Waals surface area contributed by atoms with Gasteiger partial charge in [-0.25, -0.2) is 4.79 Å². The average Bonchev–Trinajstić information content (AvgIpc) is 2.52. The van der Waals surface area contributed by atoms with Crippen LogP contribution in [0.1, 0.15) is 50.4 Å². The van der Waals surface area contributed by atoms with Gasteiger partial charge in [-0.05, 0) is 39.7 Å². The van der Waals surface area contributed by atoms with Crippen LogP contribution in [0.15, 0.2) is 18.2 Å². The molecule has 1 atom stereocenters. The van der Waals surface area contributed by atoms with Crippen LogP contribution < -0.4 is 4.74 Å². The van der Waals surface area contributed by atoms with Crippen molar-refractivity contribution in [2.24, 2.45) is 0 Å². The Bertz CT molecular complexity index is 769. The van der Waals surface area contributed by atoms with Crippen LogP contribution in [0.5, 0.6) is 5.75 Å². The summed E-state index contributed by atoms with van der Waals surface area (Å²) in [6, 6.07) is 4.03. The highest BCUT2D eigenvalue weighted by Gasteiger charge is 2.45. The van der Waals surface area contributed by atoms with Gasteiger partial charge >= 0.3 is 6.09 Å². The topological polar surface area (TPSA) is 99.0 Å². The lowest BCUT2D eigenvalue weighted by Crippen LogP contribution is -2.56. The quantitative estimate of drug-likeness (QED) is 0.561. The van der Waals surface area contributed by atoms with Gasteiger partial charge in [0.25, 0.3) is 5.69 Å². The van der Waals surface area contributed by atoms with E-state index in [1.54, 1.807) is 25.7 Å². The molecule has 1 spiro atoms. The number of likely N-dealkylation sites (tertiary alicyclic amines) is 1. The van der Waals surface area contributed by atoms with E-state index < -0.39 is 22.2 Å². The van der Waals surface area contributed by atoms with Gasteiger partial charge < -0.3 is 14.4 Å². The summed E-state index contributed by atoms with van der Waals surface area (Å²) in [6.07, 6.45) is 0.978. The van der Waals surface area contributed by atoms with Gasteiger partial charge in [0.2, 0.25) is 0 Å². The number of nitro groups is 1. The van der Waals surface area contributed by atoms with E-state index in [0.717, 1.165) is 0 Å². The smallest absolute Gasteiger partial charge is 0.410 e. The Balaban J connectivity index is 1.82. The summed E-state index contributed by atoms with van der Waals surface area (Å²) < 4.78 is 11.5. The van der Waals surface area contributed by atoms with E-state index >= 15 is 0 Å². The van der Waals surface area contributed by atoms with Crippen LogP contribution in [-0.2, 0) is 4.74 Å². The summed E-state index contributed by atoms with van der Waals surface area (Å²) >= 11 is 0. The minimum atomic E-state index is -0.810. The first-order chi connectivity index (χ1) is 12.1. The molecule has 26 heavy (non-hydrogen) atoms. The first-order valence-electron chi connectivity index (χ1n) is 8.57. The number of hydrogen-bond acceptors (Lipinski definition) is 6. The van der Waals surface area contributed by atoms with Gasteiger partial charge in [0, 0.05) is 18.7 Å². The largest absolute Gasteiger partial charge is 0.484 e. The molecule has 8 heteroatoms. The Kier molecular flexibility index (Phi) is 4.37. The second-order valence-corrected chi connectivity index (χ2v) is 7.83. The van der Waals surface area contributed by atoms with E-state index in [0.29, 0.717) is 25.1 Å². The number of amides is 1. The lowest BCUT2D eigenvalue weighted by molar-refractivity contribution is -0.384. The van der Waals surface area contributed by atoms with Crippen LogP contribution in [0, 0.1) is 10.1 Å². The summed E-state index contributed by atoms with van der Waals surface area (Å²) in [5, 5.41) is 10.9. The number of piperidine rings is 1. The zero-order valence-corrected chi connectivity index (χ0v) is 15.1. The molecule has 2 aliphatic heterocycles. The normalized spacial score (nSPS) is 22.6. The molecule has 0 radical (unpaired) electrons. The van der Waals surface area contributed by atoms with Gasteiger partial charge in [-0.15, -0.1) is 0 Å². The third kappa shape index (κ3) is 3.63. The molecule has 2 heterocycles. The van der Waals surface area contributed by atoms with Crippen molar-refractivity contribution in [3.8, 4) is 5.75 Å². The Morgan fingerprint density at radius 2 is 2.12 bits per heavy atom. The number of nitro benzene ring substituents is 1. The summed E-state index contributed by atoms with van der Waals surface area (Å²) in [5.74, 6) is 0.124. The summed E-state index contributed by atoms with van der Waals surface area (Å²) in [7, 11) is 0. The van der Waals surface area contributed by atoms with Crippen LogP contribution in [-0.4, -0.2) is 46.0 Å². The lowest BCUT2D eigenvalue weighted by atomic mass is 9.83. The highest BCUT2D eigenvalue weighted by molar-refractivity contribution is 6.01. The Hall–Kier alpha value is -2.64. The van der Waals surface area contributed by atoms with E-state index in [-0.39, 0.29) is 30.0 Å². The SMILES string of the molecule is CC(C)(C)OC(=O)N1CCC[C@@]2(CC(=O)c3cc([N+](=O)[O-])ccc3O2)C1. The molecule has 8 nitrogen and oxygen atoms in total. The molecule has 3 rings (SSSR count). The molecular formula is C18H22N2O6. The molecule has 1 aromatic carbocycles. The molecular weight excluding hydrogens is 340 g/mol. The molecule has 0 aliphatic carbocycles. The highest BCUT2D eigenvalue weighted by atomic mass is 16.6. The fourth-order valence-electron chi connectivity index (χ4n) is 3.40. The number of non-ortho nitro benzene ring substituents is 1. The van der Waals surface area contributed by atoms with Crippen molar-refractivity contribution in [2.45, 2.75) is 51.2 Å². The highest BCUT2D eigenvalue weighted by Crippen LogP contribution is 2.39. The second kappa shape index (κ2) is 6.26. The number of carbonyl (C=O) groups is 2. The average molecular weight is 362 g/mol. The van der Waals surface area contributed by atoms with Crippen molar-refractivity contribution < 1.29 is 24.0 Å². The number of carbonyl (C=O) groups excluding carboxylic acids is 2. The fraction of sp³-hybridized carbons (Fsp3) is 0.556. The molecule has 1 aromatic rings. The maximum Gasteiger partial charge on any atom is 0.410 e. The molecule has 1 amide bonds. The zero-order chi connectivity index (χ0) is 19.1. The van der Waals surface area contributed by atoms with Gasteiger partial charge in [0.15, 0.2) is 5.78 Å². The standard InChI is InChI=1S/C18H22N2O6/c1-17(2,3)26-16(22)19-8-4-7-18(11-19)10-14(21)13-9-12(20(23)24)5-6-15(13)25-18/h5-6,9H,4,7-8,10-11H2,1-3H3/t18-/m1/s1.